The first-order valence-electron chi connectivity index (χ1n) is 5.01. The number of hydrogen-bond donors (Lipinski definition) is 0. The van der Waals surface area contributed by atoms with Crippen molar-refractivity contribution in [1.29, 1.82) is 0 Å². The molecule has 0 saturated carbocycles. The number of hydrogen-bond acceptors (Lipinski definition) is 3. The molecule has 0 amide bonds. The van der Waals surface area contributed by atoms with Crippen molar-refractivity contribution in [1.82, 2.24) is 0 Å². The maximum atomic E-state index is 10.9. The lowest BCUT2D eigenvalue weighted by molar-refractivity contribution is -0.146. The van der Waals surface area contributed by atoms with E-state index < -0.39 is 6.04 Å². The third-order valence-electron chi connectivity index (χ3n) is 2.64. The zero-order chi connectivity index (χ0) is 11.5. The van der Waals surface area contributed by atoms with Gasteiger partial charge in [-0.25, -0.2) is 0 Å². The van der Waals surface area contributed by atoms with Crippen LogP contribution < -0.4 is 0 Å². The van der Waals surface area contributed by atoms with Gasteiger partial charge in [-0.2, -0.15) is 0 Å². The molecule has 0 fully saturated rings. The molecule has 0 heterocycles. The first-order chi connectivity index (χ1) is 7.72. The lowest BCUT2D eigenvalue weighted by Gasteiger charge is -2.15. The molecule has 0 bridgehead atoms. The number of ether oxygens (including phenoxy) is 1. The summed E-state index contributed by atoms with van der Waals surface area (Å²) >= 11 is 0. The Labute approximate surface area is 92.7 Å². The van der Waals surface area contributed by atoms with Crippen LogP contribution >= 0.6 is 0 Å². The van der Waals surface area contributed by atoms with Gasteiger partial charge >= 0.3 is 5.97 Å². The van der Waals surface area contributed by atoms with Crippen molar-refractivity contribution in [3.8, 4) is 0 Å². The molecule has 1 aliphatic rings. The number of rotatable bonds is 2. The minimum absolute atomic E-state index is 0.351. The highest BCUT2D eigenvalue weighted by Gasteiger charge is 2.33. The van der Waals surface area contributed by atoms with Crippen LogP contribution in [0.1, 0.15) is 24.1 Å². The van der Waals surface area contributed by atoms with E-state index in [-0.39, 0.29) is 12.1 Å². The Morgan fingerprint density at radius 2 is 2.31 bits per heavy atom. The summed E-state index contributed by atoms with van der Waals surface area (Å²) < 4.78 is 5.16. The summed E-state index contributed by atoms with van der Waals surface area (Å²) in [7, 11) is 0. The molecule has 82 valence electrons. The number of benzene rings is 1. The fourth-order valence-electron chi connectivity index (χ4n) is 2.05. The molecule has 2 rings (SSSR count). The molecule has 0 saturated heterocycles. The van der Waals surface area contributed by atoms with E-state index in [1.165, 1.54) is 6.92 Å². The highest BCUT2D eigenvalue weighted by Crippen LogP contribution is 2.36. The van der Waals surface area contributed by atoms with Crippen molar-refractivity contribution >= 4 is 5.97 Å². The molecule has 1 aromatic rings. The molecule has 0 aromatic heterocycles. The Hall–Kier alpha value is -2.00. The average Bonchev–Trinajstić information content (AvgIpc) is 2.57. The van der Waals surface area contributed by atoms with Crippen molar-refractivity contribution in [3.63, 3.8) is 0 Å². The summed E-state index contributed by atoms with van der Waals surface area (Å²) in [6.45, 7) is 1.36. The highest BCUT2D eigenvalue weighted by atomic mass is 16.5. The minimum atomic E-state index is -0.398. The van der Waals surface area contributed by atoms with Gasteiger partial charge in [-0.15, -0.1) is 0 Å². The largest absolute Gasteiger partial charge is 0.461 e. The Morgan fingerprint density at radius 1 is 1.56 bits per heavy atom. The van der Waals surface area contributed by atoms with Gasteiger partial charge in [0, 0.05) is 18.3 Å². The van der Waals surface area contributed by atoms with Gasteiger partial charge in [-0.1, -0.05) is 29.4 Å². The third-order valence-corrected chi connectivity index (χ3v) is 2.64. The molecular weight excluding hydrogens is 206 g/mol. The lowest BCUT2D eigenvalue weighted by Crippen LogP contribution is -2.19. The van der Waals surface area contributed by atoms with E-state index in [1.54, 1.807) is 0 Å². The van der Waals surface area contributed by atoms with Gasteiger partial charge in [-0.05, 0) is 16.7 Å². The molecule has 2 atom stereocenters. The van der Waals surface area contributed by atoms with E-state index in [1.807, 2.05) is 24.3 Å². The van der Waals surface area contributed by atoms with Crippen molar-refractivity contribution in [2.75, 3.05) is 0 Å². The van der Waals surface area contributed by atoms with Crippen molar-refractivity contribution in [2.24, 2.45) is 5.11 Å². The van der Waals surface area contributed by atoms with Crippen LogP contribution in [0.4, 0.5) is 0 Å². The van der Waals surface area contributed by atoms with Gasteiger partial charge in [0.1, 0.15) is 12.1 Å². The second-order valence-electron chi connectivity index (χ2n) is 3.70. The summed E-state index contributed by atoms with van der Waals surface area (Å²) in [6.07, 6.45) is 0.241. The predicted octanol–water partition coefficient (Wildman–Crippen LogP) is 2.53. The fraction of sp³-hybridized carbons (Fsp3) is 0.364. The lowest BCUT2D eigenvalue weighted by atomic mass is 10.1. The molecular formula is C11H11N3O2. The van der Waals surface area contributed by atoms with Gasteiger partial charge in [0.25, 0.3) is 0 Å². The van der Waals surface area contributed by atoms with E-state index in [2.05, 4.69) is 10.0 Å². The summed E-state index contributed by atoms with van der Waals surface area (Å²) in [5.41, 5.74) is 10.5. The standard InChI is InChI=1S/C11H11N3O2/c1-7(15)16-10-6-8-4-2-3-5-9(8)11(10)13-14-12/h2-5,10-11H,6H2,1H3/t10-,11+/m1/s1. The molecule has 1 aliphatic carbocycles. The van der Waals surface area contributed by atoms with Crippen molar-refractivity contribution < 1.29 is 9.53 Å². The van der Waals surface area contributed by atoms with E-state index in [0.29, 0.717) is 6.42 Å². The summed E-state index contributed by atoms with van der Waals surface area (Å²) in [5, 5.41) is 3.70. The zero-order valence-electron chi connectivity index (χ0n) is 8.83. The van der Waals surface area contributed by atoms with Crippen molar-refractivity contribution in [2.45, 2.75) is 25.5 Å². The Balaban J connectivity index is 2.33. The van der Waals surface area contributed by atoms with Crippen LogP contribution in [0, 0.1) is 0 Å². The average molecular weight is 217 g/mol. The highest BCUT2D eigenvalue weighted by molar-refractivity contribution is 5.66. The number of carbonyl (C=O) groups excluding carboxylic acids is 1. The van der Waals surface area contributed by atoms with Gasteiger partial charge in [0.15, 0.2) is 0 Å². The van der Waals surface area contributed by atoms with Crippen molar-refractivity contribution in [3.05, 3.63) is 45.8 Å². The topological polar surface area (TPSA) is 75.1 Å². The number of fused-ring (bicyclic) bond motifs is 1. The molecule has 5 nitrogen and oxygen atoms in total. The molecule has 0 aliphatic heterocycles. The fourth-order valence-corrected chi connectivity index (χ4v) is 2.05. The van der Waals surface area contributed by atoms with Crippen LogP contribution in [-0.4, -0.2) is 12.1 Å². The second kappa shape index (κ2) is 4.24. The Kier molecular flexibility index (Phi) is 2.79. The monoisotopic (exact) mass is 217 g/mol. The van der Waals surface area contributed by atoms with E-state index >= 15 is 0 Å². The third kappa shape index (κ3) is 1.85. The molecule has 0 unspecified atom stereocenters. The minimum Gasteiger partial charge on any atom is -0.461 e. The summed E-state index contributed by atoms with van der Waals surface area (Å²) in [6, 6.07) is 7.26. The molecule has 0 radical (unpaired) electrons. The Bertz CT molecular complexity index is 466. The molecule has 0 N–H and O–H groups in total. The summed E-state index contributed by atoms with van der Waals surface area (Å²) in [4.78, 5) is 13.8. The van der Waals surface area contributed by atoms with Crippen LogP contribution in [0.25, 0.3) is 10.4 Å². The maximum absolute atomic E-state index is 10.9. The van der Waals surface area contributed by atoms with Crippen LogP contribution in [0.15, 0.2) is 29.4 Å². The van der Waals surface area contributed by atoms with Gasteiger partial charge in [-0.3, -0.25) is 4.79 Å². The van der Waals surface area contributed by atoms with Crippen LogP contribution in [0.2, 0.25) is 0 Å². The zero-order valence-corrected chi connectivity index (χ0v) is 8.83. The molecule has 0 spiro atoms. The van der Waals surface area contributed by atoms with E-state index in [0.717, 1.165) is 11.1 Å². The summed E-state index contributed by atoms with van der Waals surface area (Å²) in [5.74, 6) is -0.351. The number of nitrogens with zero attached hydrogens (tertiary/aromatic N) is 3. The SMILES string of the molecule is CC(=O)O[C@@H]1Cc2ccccc2[C@@H]1N=[N+]=[N-]. The molecule has 1 aromatic carbocycles. The quantitative estimate of drug-likeness (QED) is 0.330. The Morgan fingerprint density at radius 3 is 3.00 bits per heavy atom. The van der Waals surface area contributed by atoms with Crippen LogP contribution in [0.5, 0.6) is 0 Å². The predicted molar refractivity (Wildman–Crippen MR) is 57.6 cm³/mol. The van der Waals surface area contributed by atoms with E-state index in [9.17, 15) is 4.79 Å². The van der Waals surface area contributed by atoms with Gasteiger partial charge in [0.05, 0.1) is 0 Å². The van der Waals surface area contributed by atoms with Gasteiger partial charge in [0.2, 0.25) is 0 Å². The smallest absolute Gasteiger partial charge is 0.302 e. The normalized spacial score (nSPS) is 22.1. The van der Waals surface area contributed by atoms with Crippen LogP contribution in [0.3, 0.4) is 0 Å². The first-order valence-corrected chi connectivity index (χ1v) is 5.01. The number of esters is 1. The second-order valence-corrected chi connectivity index (χ2v) is 3.70. The first kappa shape index (κ1) is 10.5. The van der Waals surface area contributed by atoms with Crippen LogP contribution in [-0.2, 0) is 16.0 Å². The van der Waals surface area contributed by atoms with Gasteiger partial charge < -0.3 is 4.74 Å². The maximum Gasteiger partial charge on any atom is 0.302 e. The number of carbonyl (C=O) groups is 1. The molecule has 16 heavy (non-hydrogen) atoms. The van der Waals surface area contributed by atoms with E-state index in [4.69, 9.17) is 10.3 Å². The molecule has 5 heteroatoms. The number of azide groups is 1.